The molecule has 0 fully saturated rings. The van der Waals surface area contributed by atoms with E-state index in [9.17, 15) is 9.59 Å². The van der Waals surface area contributed by atoms with Gasteiger partial charge in [0.05, 0.1) is 16.7 Å². The number of nitrogens with one attached hydrogen (secondary N) is 1. The molecule has 1 aromatic heterocycles. The van der Waals surface area contributed by atoms with E-state index in [0.29, 0.717) is 22.6 Å². The quantitative estimate of drug-likeness (QED) is 0.239. The van der Waals surface area contributed by atoms with Gasteiger partial charge >= 0.3 is 0 Å². The fraction of sp³-hybridized carbons (Fsp3) is 0.435. The molecule has 1 atom stereocenters. The number of fused-ring (bicyclic) bond motifs is 2. The summed E-state index contributed by atoms with van der Waals surface area (Å²) >= 11 is 1.32. The third-order valence-electron chi connectivity index (χ3n) is 5.08. The molecule has 0 aliphatic rings. The van der Waals surface area contributed by atoms with Crippen molar-refractivity contribution in [3.8, 4) is 0 Å². The van der Waals surface area contributed by atoms with Crippen molar-refractivity contribution < 1.29 is 4.79 Å². The number of amides is 1. The molecular weight excluding hydrogens is 382 g/mol. The van der Waals surface area contributed by atoms with Crippen molar-refractivity contribution in [2.75, 3.05) is 5.75 Å². The summed E-state index contributed by atoms with van der Waals surface area (Å²) in [5.74, 6) is 0.235. The maximum Gasteiger partial charge on any atom is 0.262 e. The molecule has 29 heavy (non-hydrogen) atoms. The van der Waals surface area contributed by atoms with E-state index in [1.54, 1.807) is 4.57 Å². The highest BCUT2D eigenvalue weighted by Crippen LogP contribution is 2.22. The molecule has 0 aliphatic carbocycles. The Morgan fingerprint density at radius 2 is 1.90 bits per heavy atom. The number of unbranched alkanes of at least 4 members (excludes halogenated alkanes) is 2. The topological polar surface area (TPSA) is 64.0 Å². The first-order chi connectivity index (χ1) is 14.0. The van der Waals surface area contributed by atoms with Crippen molar-refractivity contribution in [2.45, 2.75) is 64.2 Å². The second kappa shape index (κ2) is 9.92. The third-order valence-corrected chi connectivity index (χ3v) is 6.06. The van der Waals surface area contributed by atoms with Gasteiger partial charge < -0.3 is 5.32 Å². The molecule has 1 amide bonds. The van der Waals surface area contributed by atoms with Gasteiger partial charge in [-0.2, -0.15) is 0 Å². The molecule has 0 aliphatic heterocycles. The molecule has 154 valence electrons. The predicted octanol–water partition coefficient (Wildman–Crippen LogP) is 4.75. The number of hydrogen-bond donors (Lipinski definition) is 1. The van der Waals surface area contributed by atoms with Gasteiger partial charge in [-0.05, 0) is 43.2 Å². The Bertz CT molecular complexity index is 1060. The largest absolute Gasteiger partial charge is 0.353 e. The summed E-state index contributed by atoms with van der Waals surface area (Å²) in [5.41, 5.74) is 0.619. The lowest BCUT2D eigenvalue weighted by Gasteiger charge is -2.15. The zero-order valence-corrected chi connectivity index (χ0v) is 18.2. The maximum atomic E-state index is 13.0. The molecule has 0 saturated heterocycles. The number of thioether (sulfide) groups is 1. The Balaban J connectivity index is 1.79. The average molecular weight is 412 g/mol. The average Bonchev–Trinajstić information content (AvgIpc) is 2.71. The highest BCUT2D eigenvalue weighted by molar-refractivity contribution is 7.99. The second-order valence-corrected chi connectivity index (χ2v) is 8.36. The van der Waals surface area contributed by atoms with Crippen LogP contribution in [-0.2, 0) is 11.3 Å². The predicted molar refractivity (Wildman–Crippen MR) is 122 cm³/mol. The molecule has 0 radical (unpaired) electrons. The molecule has 1 N–H and O–H groups in total. The van der Waals surface area contributed by atoms with E-state index in [4.69, 9.17) is 4.98 Å². The number of carbonyl (C=O) groups excluding carboxylic acids is 1. The van der Waals surface area contributed by atoms with E-state index in [2.05, 4.69) is 12.2 Å². The van der Waals surface area contributed by atoms with Crippen LogP contribution in [0.15, 0.2) is 46.3 Å². The molecule has 3 aromatic rings. The van der Waals surface area contributed by atoms with E-state index in [1.165, 1.54) is 24.6 Å². The Kier molecular flexibility index (Phi) is 7.31. The molecule has 0 unspecified atom stereocenters. The molecule has 3 rings (SSSR count). The van der Waals surface area contributed by atoms with Crippen molar-refractivity contribution in [2.24, 2.45) is 0 Å². The zero-order valence-electron chi connectivity index (χ0n) is 17.4. The first kappa shape index (κ1) is 21.4. The standard InChI is InChI=1S/C23H29N3O2S/c1-4-6-7-10-16(3)24-21(27)15-29-23-25-20-14-18-12-9-8-11-17(18)13-19(20)22(28)26(23)5-2/h8-9,11-14,16H,4-7,10,15H2,1-3H3,(H,24,27)/t16-/m0/s1. The van der Waals surface area contributed by atoms with Crippen molar-refractivity contribution in [1.29, 1.82) is 0 Å². The summed E-state index contributed by atoms with van der Waals surface area (Å²) in [6.07, 6.45) is 4.48. The Morgan fingerprint density at radius 1 is 1.17 bits per heavy atom. The van der Waals surface area contributed by atoms with Crippen LogP contribution in [0.4, 0.5) is 0 Å². The van der Waals surface area contributed by atoms with Crippen LogP contribution in [0.25, 0.3) is 21.7 Å². The molecule has 6 heteroatoms. The van der Waals surface area contributed by atoms with E-state index in [1.807, 2.05) is 50.2 Å². The molecular formula is C23H29N3O2S. The van der Waals surface area contributed by atoms with Gasteiger partial charge in [0, 0.05) is 12.6 Å². The van der Waals surface area contributed by atoms with Crippen molar-refractivity contribution >= 4 is 39.3 Å². The van der Waals surface area contributed by atoms with Crippen LogP contribution < -0.4 is 10.9 Å². The van der Waals surface area contributed by atoms with Crippen LogP contribution in [0, 0.1) is 0 Å². The summed E-state index contributed by atoms with van der Waals surface area (Å²) in [5, 5.41) is 6.33. The smallest absolute Gasteiger partial charge is 0.262 e. The van der Waals surface area contributed by atoms with Gasteiger partial charge in [0.2, 0.25) is 5.91 Å². The molecule has 0 bridgehead atoms. The fourth-order valence-electron chi connectivity index (χ4n) is 3.50. The minimum atomic E-state index is -0.0564. The highest BCUT2D eigenvalue weighted by atomic mass is 32.2. The molecule has 0 spiro atoms. The first-order valence-corrected chi connectivity index (χ1v) is 11.4. The van der Waals surface area contributed by atoms with Gasteiger partial charge in [-0.15, -0.1) is 0 Å². The number of hydrogen-bond acceptors (Lipinski definition) is 4. The van der Waals surface area contributed by atoms with Crippen LogP contribution in [0.1, 0.15) is 46.5 Å². The van der Waals surface area contributed by atoms with Crippen LogP contribution >= 0.6 is 11.8 Å². The number of rotatable bonds is 9. The molecule has 1 heterocycles. The minimum absolute atomic E-state index is 0.0190. The van der Waals surface area contributed by atoms with Crippen LogP contribution in [0.5, 0.6) is 0 Å². The van der Waals surface area contributed by atoms with E-state index in [-0.39, 0.29) is 23.3 Å². The fourth-order valence-corrected chi connectivity index (χ4v) is 4.37. The molecule has 0 saturated carbocycles. The van der Waals surface area contributed by atoms with Gasteiger partial charge in [-0.1, -0.05) is 62.2 Å². The molecule has 5 nitrogen and oxygen atoms in total. The van der Waals surface area contributed by atoms with Crippen molar-refractivity contribution in [1.82, 2.24) is 14.9 Å². The van der Waals surface area contributed by atoms with Crippen LogP contribution in [-0.4, -0.2) is 27.3 Å². The minimum Gasteiger partial charge on any atom is -0.353 e. The third kappa shape index (κ3) is 5.18. The summed E-state index contributed by atoms with van der Waals surface area (Å²) in [6, 6.07) is 12.0. The van der Waals surface area contributed by atoms with E-state index >= 15 is 0 Å². The highest BCUT2D eigenvalue weighted by Gasteiger charge is 2.14. The number of benzene rings is 2. The monoisotopic (exact) mass is 411 g/mol. The summed E-state index contributed by atoms with van der Waals surface area (Å²) in [6.45, 7) is 6.66. The lowest BCUT2D eigenvalue weighted by atomic mass is 10.1. The summed E-state index contributed by atoms with van der Waals surface area (Å²) in [7, 11) is 0. The lowest BCUT2D eigenvalue weighted by molar-refractivity contribution is -0.119. The van der Waals surface area contributed by atoms with E-state index < -0.39 is 0 Å². The summed E-state index contributed by atoms with van der Waals surface area (Å²) < 4.78 is 1.65. The number of carbonyl (C=O) groups is 1. The van der Waals surface area contributed by atoms with Crippen molar-refractivity contribution in [3.63, 3.8) is 0 Å². The van der Waals surface area contributed by atoms with Crippen LogP contribution in [0.3, 0.4) is 0 Å². The maximum absolute atomic E-state index is 13.0. The van der Waals surface area contributed by atoms with Gasteiger partial charge in [0.15, 0.2) is 5.16 Å². The Morgan fingerprint density at radius 3 is 2.59 bits per heavy atom. The normalized spacial score (nSPS) is 12.4. The molecule has 2 aromatic carbocycles. The van der Waals surface area contributed by atoms with Gasteiger partial charge in [-0.3, -0.25) is 14.2 Å². The lowest BCUT2D eigenvalue weighted by Crippen LogP contribution is -2.34. The van der Waals surface area contributed by atoms with Crippen LogP contribution in [0.2, 0.25) is 0 Å². The number of nitrogens with zero attached hydrogens (tertiary/aromatic N) is 2. The zero-order chi connectivity index (χ0) is 20.8. The van der Waals surface area contributed by atoms with Crippen molar-refractivity contribution in [3.05, 3.63) is 46.8 Å². The SMILES string of the molecule is CCCCC[C@H](C)NC(=O)CSc1nc2cc3ccccc3cc2c(=O)n1CC. The summed E-state index contributed by atoms with van der Waals surface area (Å²) in [4.78, 5) is 30.1. The Hall–Kier alpha value is -2.34. The van der Waals surface area contributed by atoms with E-state index in [0.717, 1.165) is 23.6 Å². The number of aromatic nitrogens is 2. The van der Waals surface area contributed by atoms with Gasteiger partial charge in [0.25, 0.3) is 5.56 Å². The van der Waals surface area contributed by atoms with Gasteiger partial charge in [-0.25, -0.2) is 4.98 Å². The first-order valence-electron chi connectivity index (χ1n) is 10.4. The Labute approximate surface area is 175 Å². The van der Waals surface area contributed by atoms with Gasteiger partial charge in [0.1, 0.15) is 0 Å². The second-order valence-electron chi connectivity index (χ2n) is 7.41.